The number of amides is 1. The number of nitrogens with one attached hydrogen (secondary N) is 1. The first kappa shape index (κ1) is 17.5. The van der Waals surface area contributed by atoms with Gasteiger partial charge in [-0.1, -0.05) is 57.2 Å². The van der Waals surface area contributed by atoms with E-state index in [1.807, 2.05) is 0 Å². The molecule has 1 aromatic rings. The Labute approximate surface area is 163 Å². The molecule has 3 fully saturated rings. The summed E-state index contributed by atoms with van der Waals surface area (Å²) in [5.41, 5.74) is 3.64. The molecule has 144 valence electrons. The molecular formula is C25H33NO. The number of piperidine rings is 1. The fourth-order valence-corrected chi connectivity index (χ4v) is 7.84. The highest BCUT2D eigenvalue weighted by molar-refractivity contribution is 5.77. The highest BCUT2D eigenvalue weighted by Crippen LogP contribution is 2.66. The number of hydrogen-bond donors (Lipinski definition) is 1. The molecule has 2 nitrogen and oxygen atoms in total. The van der Waals surface area contributed by atoms with Crippen LogP contribution >= 0.6 is 0 Å². The Bertz CT molecular complexity index is 783. The van der Waals surface area contributed by atoms with Gasteiger partial charge in [-0.25, -0.2) is 0 Å². The van der Waals surface area contributed by atoms with E-state index in [-0.39, 0.29) is 5.91 Å². The van der Waals surface area contributed by atoms with E-state index in [1.54, 1.807) is 5.57 Å². The van der Waals surface area contributed by atoms with Gasteiger partial charge in [0, 0.05) is 12.5 Å². The van der Waals surface area contributed by atoms with Crippen molar-refractivity contribution in [3.63, 3.8) is 0 Å². The summed E-state index contributed by atoms with van der Waals surface area (Å²) in [6.45, 7) is 7.49. The van der Waals surface area contributed by atoms with Gasteiger partial charge in [0.15, 0.2) is 0 Å². The van der Waals surface area contributed by atoms with Gasteiger partial charge < -0.3 is 5.32 Å². The monoisotopic (exact) mass is 363 g/mol. The number of fused-ring (bicyclic) bond motifs is 5. The minimum Gasteiger partial charge on any atom is -0.353 e. The first-order valence-corrected chi connectivity index (χ1v) is 11.0. The van der Waals surface area contributed by atoms with Crippen LogP contribution in [0.15, 0.2) is 36.4 Å². The van der Waals surface area contributed by atoms with Gasteiger partial charge in [0.05, 0.1) is 0 Å². The molecule has 2 unspecified atom stereocenters. The largest absolute Gasteiger partial charge is 0.353 e. The molecule has 5 rings (SSSR count). The van der Waals surface area contributed by atoms with Crippen molar-refractivity contribution in [3.8, 4) is 0 Å². The number of carbonyl (C=O) groups excluding carboxylic acids is 1. The highest BCUT2D eigenvalue weighted by Gasteiger charge is 2.60. The van der Waals surface area contributed by atoms with Crippen molar-refractivity contribution in [1.29, 1.82) is 0 Å². The van der Waals surface area contributed by atoms with Crippen LogP contribution in [-0.2, 0) is 4.79 Å². The molecule has 1 aliphatic heterocycles. The van der Waals surface area contributed by atoms with E-state index >= 15 is 0 Å². The molecule has 0 bridgehead atoms. The summed E-state index contributed by atoms with van der Waals surface area (Å²) in [6.07, 6.45) is 9.47. The van der Waals surface area contributed by atoms with Gasteiger partial charge in [-0.3, -0.25) is 4.79 Å². The van der Waals surface area contributed by atoms with E-state index in [4.69, 9.17) is 0 Å². The van der Waals surface area contributed by atoms with E-state index in [1.165, 1.54) is 31.2 Å². The molecule has 1 aromatic carbocycles. The smallest absolute Gasteiger partial charge is 0.220 e. The van der Waals surface area contributed by atoms with Crippen molar-refractivity contribution < 1.29 is 4.79 Å². The molecule has 7 atom stereocenters. The zero-order chi connectivity index (χ0) is 18.8. The number of carbonyl (C=O) groups is 1. The third-order valence-electron chi connectivity index (χ3n) is 9.04. The number of rotatable bonds is 1. The normalized spacial score (nSPS) is 46.0. The van der Waals surface area contributed by atoms with Gasteiger partial charge in [0.2, 0.25) is 5.91 Å². The molecule has 4 aliphatic rings. The predicted molar refractivity (Wildman–Crippen MR) is 110 cm³/mol. The number of benzene rings is 1. The van der Waals surface area contributed by atoms with E-state index in [9.17, 15) is 4.79 Å². The molecule has 1 saturated heterocycles. The summed E-state index contributed by atoms with van der Waals surface area (Å²) in [7, 11) is 0. The molecule has 2 saturated carbocycles. The summed E-state index contributed by atoms with van der Waals surface area (Å²) in [6, 6.07) is 11.5. The van der Waals surface area contributed by atoms with Crippen molar-refractivity contribution in [2.75, 3.05) is 0 Å². The van der Waals surface area contributed by atoms with Crippen molar-refractivity contribution in [2.24, 2.45) is 34.5 Å². The van der Waals surface area contributed by atoms with Crippen molar-refractivity contribution in [2.45, 2.75) is 65.3 Å². The molecular weight excluding hydrogens is 330 g/mol. The van der Waals surface area contributed by atoms with Crippen molar-refractivity contribution in [3.05, 3.63) is 42.0 Å². The van der Waals surface area contributed by atoms with Crippen LogP contribution in [0.1, 0.15) is 64.9 Å². The van der Waals surface area contributed by atoms with Gasteiger partial charge in [-0.15, -0.1) is 0 Å². The summed E-state index contributed by atoms with van der Waals surface area (Å²) in [4.78, 5) is 12.0. The van der Waals surface area contributed by atoms with E-state index in [0.29, 0.717) is 22.8 Å². The average Bonchev–Trinajstić information content (AvgIpc) is 2.94. The maximum absolute atomic E-state index is 12.0. The zero-order valence-corrected chi connectivity index (χ0v) is 17.0. The first-order valence-electron chi connectivity index (χ1n) is 11.0. The Hall–Kier alpha value is -1.57. The van der Waals surface area contributed by atoms with E-state index < -0.39 is 0 Å². The highest BCUT2D eigenvalue weighted by atomic mass is 16.1. The second-order valence-electron chi connectivity index (χ2n) is 10.3. The maximum atomic E-state index is 12.0. The maximum Gasteiger partial charge on any atom is 0.220 e. The molecule has 27 heavy (non-hydrogen) atoms. The Morgan fingerprint density at radius 1 is 1.04 bits per heavy atom. The number of allylic oxidation sites excluding steroid dienone is 2. The Morgan fingerprint density at radius 2 is 1.81 bits per heavy atom. The zero-order valence-electron chi connectivity index (χ0n) is 17.0. The van der Waals surface area contributed by atoms with Crippen LogP contribution in [0.3, 0.4) is 0 Å². The second-order valence-corrected chi connectivity index (χ2v) is 10.3. The van der Waals surface area contributed by atoms with Gasteiger partial charge in [-0.05, 0) is 77.7 Å². The van der Waals surface area contributed by atoms with Gasteiger partial charge >= 0.3 is 0 Å². The van der Waals surface area contributed by atoms with Crippen molar-refractivity contribution >= 4 is 11.5 Å². The third kappa shape index (κ3) is 2.41. The Kier molecular flexibility index (Phi) is 3.87. The van der Waals surface area contributed by atoms with Gasteiger partial charge in [0.25, 0.3) is 0 Å². The first-order chi connectivity index (χ1) is 12.9. The molecule has 1 heterocycles. The minimum absolute atomic E-state index is 0.277. The molecule has 0 radical (unpaired) electrons. The molecule has 0 aromatic heterocycles. The fourth-order valence-electron chi connectivity index (χ4n) is 7.84. The SMILES string of the molecule is CC1C=C(c2ccccc2)[C@@]2(C)CC[C@@H]3[C@@H](CCC4NC(=O)CC[C@@]43C)[C@H]12. The standard InChI is InChI=1S/C25H33NO/c1-16-15-20(17-7-5-4-6-8-17)25(3)13-11-19-18(23(16)25)9-10-21-24(19,2)14-12-22(27)26-21/h4-8,15-16,18-19,21,23H,9-14H2,1-3H3,(H,26,27)/t16?,18-,19-,21?,23+,24-,25-/m1/s1. The van der Waals surface area contributed by atoms with Gasteiger partial charge in [0.1, 0.15) is 0 Å². The summed E-state index contributed by atoms with van der Waals surface area (Å²) in [5.74, 6) is 3.24. The quantitative estimate of drug-likeness (QED) is 0.706. The lowest BCUT2D eigenvalue weighted by atomic mass is 9.46. The van der Waals surface area contributed by atoms with Crippen molar-refractivity contribution in [1.82, 2.24) is 5.32 Å². The van der Waals surface area contributed by atoms with Crippen LogP contribution < -0.4 is 5.32 Å². The fraction of sp³-hybridized carbons (Fsp3) is 0.640. The Balaban J connectivity index is 1.49. The second kappa shape index (κ2) is 5.96. The third-order valence-corrected chi connectivity index (χ3v) is 9.04. The molecule has 2 heteroatoms. The van der Waals surface area contributed by atoms with Crippen LogP contribution in [0.2, 0.25) is 0 Å². The Morgan fingerprint density at radius 3 is 2.59 bits per heavy atom. The lowest BCUT2D eigenvalue weighted by Crippen LogP contribution is -2.61. The summed E-state index contributed by atoms with van der Waals surface area (Å²) >= 11 is 0. The van der Waals surface area contributed by atoms with Crippen LogP contribution in [0.25, 0.3) is 5.57 Å². The van der Waals surface area contributed by atoms with Crippen LogP contribution in [-0.4, -0.2) is 11.9 Å². The summed E-state index contributed by atoms with van der Waals surface area (Å²) < 4.78 is 0. The van der Waals surface area contributed by atoms with Gasteiger partial charge in [-0.2, -0.15) is 0 Å². The molecule has 0 spiro atoms. The minimum atomic E-state index is 0.277. The number of hydrogen-bond acceptors (Lipinski definition) is 1. The van der Waals surface area contributed by atoms with Crippen LogP contribution in [0, 0.1) is 34.5 Å². The van der Waals surface area contributed by atoms with Crippen LogP contribution in [0.5, 0.6) is 0 Å². The summed E-state index contributed by atoms with van der Waals surface area (Å²) in [5, 5.41) is 3.35. The van der Waals surface area contributed by atoms with E-state index in [2.05, 4.69) is 62.5 Å². The molecule has 1 amide bonds. The lowest BCUT2D eigenvalue weighted by molar-refractivity contribution is -0.135. The molecule has 3 aliphatic carbocycles. The predicted octanol–water partition coefficient (Wildman–Crippen LogP) is 5.45. The average molecular weight is 364 g/mol. The lowest BCUT2D eigenvalue weighted by Gasteiger charge is -2.60. The van der Waals surface area contributed by atoms with E-state index in [0.717, 1.165) is 30.6 Å². The van der Waals surface area contributed by atoms with Crippen LogP contribution in [0.4, 0.5) is 0 Å². The topological polar surface area (TPSA) is 29.1 Å². The molecule has 1 N–H and O–H groups in total.